The van der Waals surface area contributed by atoms with Crippen LogP contribution in [-0.4, -0.2) is 16.1 Å². The summed E-state index contributed by atoms with van der Waals surface area (Å²) in [5.41, 5.74) is 2.50. The number of rotatable bonds is 1. The average molecular weight is 326 g/mol. The van der Waals surface area contributed by atoms with Crippen LogP contribution in [0.1, 0.15) is 11.3 Å². The summed E-state index contributed by atoms with van der Waals surface area (Å²) in [6.07, 6.45) is 1.30. The van der Waals surface area contributed by atoms with E-state index in [9.17, 15) is 4.79 Å². The number of hydrogen-bond donors (Lipinski definition) is 1. The molecule has 19 heavy (non-hydrogen) atoms. The van der Waals surface area contributed by atoms with Crippen LogP contribution in [0.4, 0.5) is 0 Å². The van der Waals surface area contributed by atoms with Crippen LogP contribution in [0.5, 0.6) is 0 Å². The van der Waals surface area contributed by atoms with Crippen LogP contribution in [0.3, 0.4) is 0 Å². The molecule has 3 rings (SSSR count). The summed E-state index contributed by atoms with van der Waals surface area (Å²) in [5.74, 6) is -1.03. The van der Waals surface area contributed by atoms with Crippen molar-refractivity contribution in [3.8, 4) is 0 Å². The number of pyridine rings is 1. The molecular formula is C14H9N2O2Y-. The van der Waals surface area contributed by atoms with Gasteiger partial charge < -0.3 is 10.4 Å². The van der Waals surface area contributed by atoms with Crippen LogP contribution in [0.15, 0.2) is 43.1 Å². The predicted molar refractivity (Wildman–Crippen MR) is 69.7 cm³/mol. The SMILES string of the molecule is C=C1[N-]C=C(C(=O)O)c2nc3ccccc3cc21.[Y]. The van der Waals surface area contributed by atoms with Crippen LogP contribution in [0.2, 0.25) is 0 Å². The van der Waals surface area contributed by atoms with Crippen molar-refractivity contribution in [2.24, 2.45) is 0 Å². The van der Waals surface area contributed by atoms with Crippen molar-refractivity contribution in [2.45, 2.75) is 0 Å². The van der Waals surface area contributed by atoms with E-state index in [-0.39, 0.29) is 38.3 Å². The van der Waals surface area contributed by atoms with Crippen LogP contribution < -0.4 is 0 Å². The van der Waals surface area contributed by atoms with Crippen molar-refractivity contribution in [3.05, 3.63) is 59.7 Å². The fourth-order valence-corrected chi connectivity index (χ4v) is 1.97. The second-order valence-corrected chi connectivity index (χ2v) is 4.00. The van der Waals surface area contributed by atoms with Gasteiger partial charge in [-0.25, -0.2) is 9.78 Å². The topological polar surface area (TPSA) is 64.3 Å². The minimum absolute atomic E-state index is 0. The maximum Gasteiger partial charge on any atom is 0.336 e. The summed E-state index contributed by atoms with van der Waals surface area (Å²) in [7, 11) is 0. The number of hydrogen-bond acceptors (Lipinski definition) is 2. The van der Waals surface area contributed by atoms with Crippen molar-refractivity contribution in [2.75, 3.05) is 0 Å². The third-order valence-electron chi connectivity index (χ3n) is 2.87. The van der Waals surface area contributed by atoms with Crippen molar-refractivity contribution in [1.29, 1.82) is 0 Å². The van der Waals surface area contributed by atoms with Gasteiger partial charge in [-0.2, -0.15) is 6.20 Å². The van der Waals surface area contributed by atoms with E-state index in [4.69, 9.17) is 5.11 Å². The molecule has 1 N–H and O–H groups in total. The number of nitrogens with zero attached hydrogens (tertiary/aromatic N) is 2. The zero-order valence-electron chi connectivity index (χ0n) is 10.00. The number of aliphatic carboxylic acids is 1. The Labute approximate surface area is 135 Å². The molecule has 1 aromatic carbocycles. The molecule has 1 aliphatic heterocycles. The Bertz CT molecular complexity index is 722. The van der Waals surface area contributed by atoms with E-state index < -0.39 is 5.97 Å². The molecule has 0 spiro atoms. The quantitative estimate of drug-likeness (QED) is 0.876. The summed E-state index contributed by atoms with van der Waals surface area (Å²) < 4.78 is 0. The summed E-state index contributed by atoms with van der Waals surface area (Å²) in [6.45, 7) is 3.81. The van der Waals surface area contributed by atoms with Gasteiger partial charge in [0.25, 0.3) is 0 Å². The van der Waals surface area contributed by atoms with E-state index in [1.165, 1.54) is 6.20 Å². The first-order valence-electron chi connectivity index (χ1n) is 5.40. The molecule has 91 valence electrons. The first kappa shape index (κ1) is 13.9. The van der Waals surface area contributed by atoms with Crippen LogP contribution in [-0.2, 0) is 37.5 Å². The molecule has 0 bridgehead atoms. The minimum Gasteiger partial charge on any atom is -0.663 e. The number of benzene rings is 1. The third kappa shape index (κ3) is 2.33. The third-order valence-corrected chi connectivity index (χ3v) is 2.87. The van der Waals surface area contributed by atoms with E-state index in [0.29, 0.717) is 17.0 Å². The number of aromatic nitrogens is 1. The molecule has 0 aliphatic carbocycles. The van der Waals surface area contributed by atoms with Gasteiger partial charge in [-0.1, -0.05) is 18.2 Å². The minimum atomic E-state index is -1.03. The monoisotopic (exact) mass is 326 g/mol. The zero-order valence-corrected chi connectivity index (χ0v) is 12.8. The van der Waals surface area contributed by atoms with Gasteiger partial charge in [-0.3, -0.25) is 0 Å². The molecule has 4 nitrogen and oxygen atoms in total. The van der Waals surface area contributed by atoms with E-state index in [2.05, 4.69) is 16.9 Å². The summed E-state index contributed by atoms with van der Waals surface area (Å²) in [6, 6.07) is 9.43. The Balaban J connectivity index is 0.00000133. The Morgan fingerprint density at radius 3 is 2.79 bits per heavy atom. The largest absolute Gasteiger partial charge is 0.663 e. The number of para-hydroxylation sites is 1. The van der Waals surface area contributed by atoms with E-state index in [1.807, 2.05) is 30.3 Å². The van der Waals surface area contributed by atoms with Crippen molar-refractivity contribution >= 4 is 28.1 Å². The van der Waals surface area contributed by atoms with E-state index >= 15 is 0 Å². The second kappa shape index (κ2) is 5.23. The fraction of sp³-hybridized carbons (Fsp3) is 0. The van der Waals surface area contributed by atoms with Gasteiger partial charge in [0.1, 0.15) is 0 Å². The number of carboxylic acids is 1. The van der Waals surface area contributed by atoms with Gasteiger partial charge in [-0.15, -0.1) is 12.3 Å². The van der Waals surface area contributed by atoms with Crippen molar-refractivity contribution in [1.82, 2.24) is 4.98 Å². The number of carbonyl (C=O) groups is 1. The van der Waals surface area contributed by atoms with Gasteiger partial charge in [-0.05, 0) is 17.7 Å². The molecule has 0 amide bonds. The van der Waals surface area contributed by atoms with E-state index in [1.54, 1.807) is 0 Å². The normalized spacial score (nSPS) is 13.1. The Hall–Kier alpha value is -1.52. The van der Waals surface area contributed by atoms with Gasteiger partial charge in [0, 0.05) is 38.1 Å². The standard InChI is InChI=1S/C14H10N2O2.Y/c1-8-10-6-9-4-2-3-5-12(9)16-13(10)11(7-15-8)14(17)18;/h2-7H,1H2,(H2,15,16,17,18);/p-1. The molecule has 2 aromatic rings. The molecule has 0 saturated heterocycles. The summed E-state index contributed by atoms with van der Waals surface area (Å²) >= 11 is 0. The molecule has 0 unspecified atom stereocenters. The number of fused-ring (bicyclic) bond motifs is 2. The molecule has 0 saturated carbocycles. The van der Waals surface area contributed by atoms with E-state index in [0.717, 1.165) is 10.9 Å². The fourth-order valence-electron chi connectivity index (χ4n) is 1.97. The van der Waals surface area contributed by atoms with Gasteiger partial charge in [0.2, 0.25) is 0 Å². The van der Waals surface area contributed by atoms with Crippen molar-refractivity contribution in [3.63, 3.8) is 0 Å². The first-order valence-corrected chi connectivity index (χ1v) is 5.40. The molecule has 0 fully saturated rings. The molecule has 5 heteroatoms. The second-order valence-electron chi connectivity index (χ2n) is 4.00. The molecule has 1 aliphatic rings. The summed E-state index contributed by atoms with van der Waals surface area (Å²) in [4.78, 5) is 15.6. The molecule has 1 aromatic heterocycles. The Morgan fingerprint density at radius 1 is 1.32 bits per heavy atom. The predicted octanol–water partition coefficient (Wildman–Crippen LogP) is 3.02. The summed E-state index contributed by atoms with van der Waals surface area (Å²) in [5, 5.41) is 14.1. The Kier molecular flexibility index (Phi) is 3.83. The Morgan fingerprint density at radius 2 is 2.05 bits per heavy atom. The van der Waals surface area contributed by atoms with Crippen LogP contribution >= 0.6 is 0 Å². The van der Waals surface area contributed by atoms with Gasteiger partial charge in [0.05, 0.1) is 16.8 Å². The molecule has 0 atom stereocenters. The number of carboxylic acid groups (broad SMARTS) is 1. The molecule has 1 radical (unpaired) electrons. The maximum atomic E-state index is 11.2. The van der Waals surface area contributed by atoms with Crippen molar-refractivity contribution < 1.29 is 42.6 Å². The zero-order chi connectivity index (χ0) is 12.7. The van der Waals surface area contributed by atoms with Crippen LogP contribution in [0.25, 0.3) is 27.5 Å². The van der Waals surface area contributed by atoms with Gasteiger partial charge in [0.15, 0.2) is 0 Å². The smallest absolute Gasteiger partial charge is 0.336 e. The van der Waals surface area contributed by atoms with Gasteiger partial charge >= 0.3 is 5.97 Å². The first-order chi connectivity index (χ1) is 8.66. The molecule has 2 heterocycles. The van der Waals surface area contributed by atoms with Crippen LogP contribution in [0, 0.1) is 0 Å². The average Bonchev–Trinajstić information content (AvgIpc) is 2.37. The maximum absolute atomic E-state index is 11.2. The molecular weight excluding hydrogens is 317 g/mol.